The molecule has 1 saturated heterocycles. The minimum atomic E-state index is -4.35. The highest BCUT2D eigenvalue weighted by atomic mass is 32.2. The number of benzene rings is 1. The molecule has 31 heavy (non-hydrogen) atoms. The van der Waals surface area contributed by atoms with Crippen molar-refractivity contribution in [2.45, 2.75) is 29.3 Å². The van der Waals surface area contributed by atoms with Crippen molar-refractivity contribution >= 4 is 40.2 Å². The van der Waals surface area contributed by atoms with Gasteiger partial charge in [-0.15, -0.1) is 0 Å². The first-order valence-corrected chi connectivity index (χ1v) is 10.6. The van der Waals surface area contributed by atoms with E-state index in [1.165, 1.54) is 24.5 Å². The van der Waals surface area contributed by atoms with E-state index in [9.17, 15) is 18.0 Å². The van der Waals surface area contributed by atoms with Crippen LogP contribution in [0, 0.1) is 0 Å². The fourth-order valence-electron chi connectivity index (χ4n) is 3.66. The van der Waals surface area contributed by atoms with Crippen molar-refractivity contribution in [3.63, 3.8) is 0 Å². The minimum Gasteiger partial charge on any atom is -0.376 e. The zero-order valence-electron chi connectivity index (χ0n) is 16.4. The Hall–Kier alpha value is -2.95. The van der Waals surface area contributed by atoms with E-state index in [1.807, 2.05) is 12.3 Å². The zero-order chi connectivity index (χ0) is 21.8. The lowest BCUT2D eigenvalue weighted by molar-refractivity contribution is -0.120. The van der Waals surface area contributed by atoms with Crippen LogP contribution in [0.25, 0.3) is 11.0 Å². The smallest absolute Gasteiger partial charge is 0.376 e. The summed E-state index contributed by atoms with van der Waals surface area (Å²) in [6.07, 6.45) is 5.09. The lowest BCUT2D eigenvalue weighted by Crippen LogP contribution is -2.49. The van der Waals surface area contributed by atoms with Gasteiger partial charge in [0.25, 0.3) is 0 Å². The number of carbonyl (C=O) groups excluding carboxylic acids is 1. The highest BCUT2D eigenvalue weighted by molar-refractivity contribution is 8.00. The summed E-state index contributed by atoms with van der Waals surface area (Å²) in [6.45, 7) is 1.44. The normalized spacial score (nSPS) is 17.0. The van der Waals surface area contributed by atoms with Gasteiger partial charge in [-0.3, -0.25) is 4.79 Å². The van der Waals surface area contributed by atoms with Crippen molar-refractivity contribution in [1.29, 1.82) is 0 Å². The maximum atomic E-state index is 12.5. The van der Waals surface area contributed by atoms with Gasteiger partial charge in [-0.1, -0.05) is 6.07 Å². The van der Waals surface area contributed by atoms with Crippen LogP contribution < -0.4 is 15.5 Å². The average molecular weight is 450 g/mol. The number of fused-ring (bicyclic) bond motifs is 1. The number of halogens is 3. The lowest BCUT2D eigenvalue weighted by Gasteiger charge is -2.34. The molecule has 0 bridgehead atoms. The Kier molecular flexibility index (Phi) is 6.21. The number of carbonyl (C=O) groups is 1. The Morgan fingerprint density at radius 2 is 2.16 bits per heavy atom. The second kappa shape index (κ2) is 9.04. The summed E-state index contributed by atoms with van der Waals surface area (Å²) in [4.78, 5) is 26.3. The maximum absolute atomic E-state index is 12.5. The number of nitrogens with zero attached hydrogens (tertiary/aromatic N) is 3. The lowest BCUT2D eigenvalue weighted by atomic mass is 10.1. The summed E-state index contributed by atoms with van der Waals surface area (Å²) < 4.78 is 37.6. The quantitative estimate of drug-likeness (QED) is 0.496. The number of anilines is 2. The predicted molar refractivity (Wildman–Crippen MR) is 114 cm³/mol. The molecule has 164 valence electrons. The van der Waals surface area contributed by atoms with Gasteiger partial charge in [-0.2, -0.15) is 13.2 Å². The molecule has 1 fully saturated rings. The van der Waals surface area contributed by atoms with Crippen molar-refractivity contribution in [3.8, 4) is 0 Å². The highest BCUT2D eigenvalue weighted by Crippen LogP contribution is 2.37. The van der Waals surface area contributed by atoms with E-state index < -0.39 is 5.51 Å². The number of hydrogen-bond acceptors (Lipinski definition) is 6. The monoisotopic (exact) mass is 450 g/mol. The molecule has 1 aliphatic heterocycles. The van der Waals surface area contributed by atoms with Gasteiger partial charge in [0.15, 0.2) is 0 Å². The summed E-state index contributed by atoms with van der Waals surface area (Å²) in [6, 6.07) is 7.81. The van der Waals surface area contributed by atoms with Gasteiger partial charge in [-0.25, -0.2) is 9.97 Å². The van der Waals surface area contributed by atoms with Crippen molar-refractivity contribution in [3.05, 3.63) is 42.9 Å². The molecule has 7 nitrogen and oxygen atoms in total. The van der Waals surface area contributed by atoms with E-state index in [1.54, 1.807) is 6.07 Å². The summed E-state index contributed by atoms with van der Waals surface area (Å²) in [5, 5.41) is 6.83. The second-order valence-electron chi connectivity index (χ2n) is 7.22. The van der Waals surface area contributed by atoms with Crippen molar-refractivity contribution in [1.82, 2.24) is 20.3 Å². The van der Waals surface area contributed by atoms with Gasteiger partial charge in [0, 0.05) is 35.9 Å². The third-order valence-electron chi connectivity index (χ3n) is 4.94. The maximum Gasteiger partial charge on any atom is 0.446 e. The molecule has 1 aromatic carbocycles. The standard InChI is InChI=1S/C20H21F3N6OS/c21-20(22,23)31-15-5-1-3-13(9-15)25-10-17(30)28-14-4-2-8-29(11-14)19-16-6-7-24-18(16)26-12-27-19/h1,3,5-7,9,12,14,25H,2,4,8,10-11H2,(H,28,30)(H,24,26,27)/t14-/m0/s1. The summed E-state index contributed by atoms with van der Waals surface area (Å²) in [5.74, 6) is 0.623. The van der Waals surface area contributed by atoms with Crippen molar-refractivity contribution < 1.29 is 18.0 Å². The number of rotatable bonds is 6. The second-order valence-corrected chi connectivity index (χ2v) is 8.36. The number of H-pyrrole nitrogens is 1. The highest BCUT2D eigenvalue weighted by Gasteiger charge is 2.29. The Labute approximate surface area is 180 Å². The zero-order valence-corrected chi connectivity index (χ0v) is 17.3. The number of piperidine rings is 1. The molecular formula is C20H21F3N6OS. The molecule has 3 heterocycles. The number of aromatic amines is 1. The van der Waals surface area contributed by atoms with E-state index in [0.29, 0.717) is 12.2 Å². The number of nitrogens with one attached hydrogen (secondary N) is 3. The van der Waals surface area contributed by atoms with Crippen molar-refractivity contribution in [2.24, 2.45) is 0 Å². The van der Waals surface area contributed by atoms with Crippen molar-refractivity contribution in [2.75, 3.05) is 29.9 Å². The van der Waals surface area contributed by atoms with Crippen LogP contribution in [0.15, 0.2) is 47.8 Å². The number of aromatic nitrogens is 3. The minimum absolute atomic E-state index is 0.0216. The van der Waals surface area contributed by atoms with Gasteiger partial charge in [-0.05, 0) is 48.9 Å². The third kappa shape index (κ3) is 5.60. The number of thioether (sulfide) groups is 1. The third-order valence-corrected chi connectivity index (χ3v) is 5.66. The first kappa shape index (κ1) is 21.3. The van der Waals surface area contributed by atoms with E-state index in [-0.39, 0.29) is 35.2 Å². The van der Waals surface area contributed by atoms with Crippen LogP contribution in [-0.4, -0.2) is 52.0 Å². The first-order chi connectivity index (χ1) is 14.9. The molecule has 1 aliphatic rings. The molecule has 0 unspecified atom stereocenters. The Bertz CT molecular complexity index is 1060. The van der Waals surface area contributed by atoms with Gasteiger partial charge in [0.05, 0.1) is 11.9 Å². The largest absolute Gasteiger partial charge is 0.446 e. The van der Waals surface area contributed by atoms with Gasteiger partial charge >= 0.3 is 5.51 Å². The van der Waals surface area contributed by atoms with Gasteiger partial charge in [0.2, 0.25) is 5.91 Å². The van der Waals surface area contributed by atoms with Crippen LogP contribution in [-0.2, 0) is 4.79 Å². The van der Waals surface area contributed by atoms with E-state index in [2.05, 4.69) is 30.5 Å². The summed E-state index contributed by atoms with van der Waals surface area (Å²) in [5.41, 5.74) is -3.12. The van der Waals surface area contributed by atoms with E-state index >= 15 is 0 Å². The number of hydrogen-bond donors (Lipinski definition) is 3. The van der Waals surface area contributed by atoms with Gasteiger partial charge in [0.1, 0.15) is 17.8 Å². The summed E-state index contributed by atoms with van der Waals surface area (Å²) in [7, 11) is 0. The SMILES string of the molecule is O=C(CNc1cccc(SC(F)(F)F)c1)N[C@H]1CCCN(c2ncnc3[nH]ccc23)C1. The molecule has 0 radical (unpaired) electrons. The number of amides is 1. The van der Waals surface area contributed by atoms with Crippen LogP contribution >= 0.6 is 11.8 Å². The molecule has 0 spiro atoms. The molecule has 4 rings (SSSR count). The van der Waals surface area contributed by atoms with Crippen LogP contribution in [0.2, 0.25) is 0 Å². The molecule has 3 aromatic rings. The van der Waals surface area contributed by atoms with Gasteiger partial charge < -0.3 is 20.5 Å². The molecule has 1 atom stereocenters. The number of alkyl halides is 3. The van der Waals surface area contributed by atoms with E-state index in [4.69, 9.17) is 0 Å². The van der Waals surface area contributed by atoms with Crippen LogP contribution in [0.1, 0.15) is 12.8 Å². The molecular weight excluding hydrogens is 429 g/mol. The molecule has 2 aromatic heterocycles. The average Bonchev–Trinajstić information content (AvgIpc) is 3.20. The summed E-state index contributed by atoms with van der Waals surface area (Å²) >= 11 is -0.182. The topological polar surface area (TPSA) is 85.9 Å². The molecule has 3 N–H and O–H groups in total. The molecule has 0 aliphatic carbocycles. The molecule has 0 saturated carbocycles. The molecule has 1 amide bonds. The predicted octanol–water partition coefficient (Wildman–Crippen LogP) is 3.77. The Morgan fingerprint density at radius 3 is 3.00 bits per heavy atom. The van der Waals surface area contributed by atoms with E-state index in [0.717, 1.165) is 36.2 Å². The Balaban J connectivity index is 1.32. The fourth-order valence-corrected chi connectivity index (χ4v) is 4.26. The fraction of sp³-hybridized carbons (Fsp3) is 0.350. The first-order valence-electron chi connectivity index (χ1n) is 9.79. The van der Waals surface area contributed by atoms with Crippen LogP contribution in [0.4, 0.5) is 24.7 Å². The van der Waals surface area contributed by atoms with Crippen LogP contribution in [0.5, 0.6) is 0 Å². The van der Waals surface area contributed by atoms with Crippen LogP contribution in [0.3, 0.4) is 0 Å². The molecule has 11 heteroatoms. The Morgan fingerprint density at radius 1 is 1.29 bits per heavy atom.